The van der Waals surface area contributed by atoms with Crippen LogP contribution >= 0.6 is 0 Å². The largest absolute Gasteiger partial charge is 0.390 e. The number of rotatable bonds is 2. The summed E-state index contributed by atoms with van der Waals surface area (Å²) in [7, 11) is 0. The molecule has 0 aromatic rings. The van der Waals surface area contributed by atoms with Crippen molar-refractivity contribution in [2.45, 2.75) is 74.7 Å². The van der Waals surface area contributed by atoms with Crippen molar-refractivity contribution in [3.63, 3.8) is 0 Å². The smallest absolute Gasteiger partial charge is 0.240 e. The molecule has 1 heterocycles. The van der Waals surface area contributed by atoms with E-state index in [1.54, 1.807) is 0 Å². The van der Waals surface area contributed by atoms with E-state index in [0.29, 0.717) is 37.1 Å². The van der Waals surface area contributed by atoms with Gasteiger partial charge in [-0.1, -0.05) is 0 Å². The fraction of sp³-hybridized carbons (Fsp3) is 0.941. The average molecular weight is 306 g/mol. The molecule has 6 aliphatic rings. The summed E-state index contributed by atoms with van der Waals surface area (Å²) in [6, 6.07) is -0.132. The number of aliphatic hydroxyl groups is 2. The molecule has 0 radical (unpaired) electrons. The first kappa shape index (κ1) is 13.8. The van der Waals surface area contributed by atoms with Gasteiger partial charge in [-0.15, -0.1) is 0 Å². The van der Waals surface area contributed by atoms with Gasteiger partial charge >= 0.3 is 0 Å². The molecule has 5 aliphatic carbocycles. The summed E-state index contributed by atoms with van der Waals surface area (Å²) in [5.41, 5.74) is 4.47. The number of nitrogens with two attached hydrogens (primary N) is 1. The molecule has 5 saturated carbocycles. The lowest BCUT2D eigenvalue weighted by molar-refractivity contribution is -0.234. The summed E-state index contributed by atoms with van der Waals surface area (Å²) in [4.78, 5) is 14.9. The molecule has 0 aromatic carbocycles. The van der Waals surface area contributed by atoms with Crippen LogP contribution in [0.25, 0.3) is 0 Å². The van der Waals surface area contributed by atoms with Crippen LogP contribution < -0.4 is 5.73 Å². The van der Waals surface area contributed by atoms with Gasteiger partial charge in [-0.3, -0.25) is 4.79 Å². The predicted molar refractivity (Wildman–Crippen MR) is 79.7 cm³/mol. The third-order valence-corrected chi connectivity index (χ3v) is 7.29. The molecule has 0 spiro atoms. The van der Waals surface area contributed by atoms with Crippen molar-refractivity contribution in [2.75, 3.05) is 6.54 Å². The number of piperidine rings is 1. The van der Waals surface area contributed by atoms with E-state index in [2.05, 4.69) is 0 Å². The average Bonchev–Trinajstić information content (AvgIpc) is 3.04. The van der Waals surface area contributed by atoms with Gasteiger partial charge in [-0.2, -0.15) is 0 Å². The highest BCUT2D eigenvalue weighted by Crippen LogP contribution is 2.64. The molecule has 5 atom stereocenters. The van der Waals surface area contributed by atoms with Crippen LogP contribution in [0.4, 0.5) is 0 Å². The molecule has 1 saturated heterocycles. The van der Waals surface area contributed by atoms with Crippen LogP contribution in [0, 0.1) is 17.3 Å². The van der Waals surface area contributed by atoms with Crippen molar-refractivity contribution >= 4 is 5.91 Å². The molecule has 5 nitrogen and oxygen atoms in total. The molecule has 122 valence electrons. The Labute approximate surface area is 130 Å². The zero-order chi connectivity index (χ0) is 15.3. The van der Waals surface area contributed by atoms with E-state index in [4.69, 9.17) is 5.73 Å². The van der Waals surface area contributed by atoms with E-state index >= 15 is 0 Å². The first-order valence-electron chi connectivity index (χ1n) is 8.82. The molecule has 22 heavy (non-hydrogen) atoms. The predicted octanol–water partition coefficient (Wildman–Crippen LogP) is 0.381. The lowest BCUT2D eigenvalue weighted by atomic mass is 9.44. The first-order valence-corrected chi connectivity index (χ1v) is 8.82. The fourth-order valence-electron chi connectivity index (χ4n) is 6.87. The maximum absolute atomic E-state index is 12.9. The molecule has 4 N–H and O–H groups in total. The summed E-state index contributed by atoms with van der Waals surface area (Å²) >= 11 is 0. The van der Waals surface area contributed by atoms with Crippen LogP contribution in [0.3, 0.4) is 0 Å². The van der Waals surface area contributed by atoms with Crippen LogP contribution in [0.15, 0.2) is 0 Å². The topological polar surface area (TPSA) is 86.8 Å². The number of carbonyl (C=O) groups excluding carboxylic acids is 1. The Morgan fingerprint density at radius 1 is 1.14 bits per heavy atom. The van der Waals surface area contributed by atoms with Crippen LogP contribution in [-0.4, -0.2) is 50.9 Å². The summed E-state index contributed by atoms with van der Waals surface area (Å²) in [5.74, 6) is 1.09. The van der Waals surface area contributed by atoms with Crippen molar-refractivity contribution in [1.29, 1.82) is 0 Å². The van der Waals surface area contributed by atoms with E-state index < -0.39 is 22.7 Å². The van der Waals surface area contributed by atoms with Gasteiger partial charge in [-0.25, -0.2) is 0 Å². The summed E-state index contributed by atoms with van der Waals surface area (Å²) in [6.07, 6.45) is 6.34. The van der Waals surface area contributed by atoms with Crippen molar-refractivity contribution in [1.82, 2.24) is 4.90 Å². The number of hydrogen-bond acceptors (Lipinski definition) is 4. The van der Waals surface area contributed by atoms with Gasteiger partial charge in [0.2, 0.25) is 5.91 Å². The molecule has 5 heteroatoms. The summed E-state index contributed by atoms with van der Waals surface area (Å²) < 4.78 is 0. The van der Waals surface area contributed by atoms with Gasteiger partial charge in [0.25, 0.3) is 0 Å². The molecule has 1 amide bonds. The van der Waals surface area contributed by atoms with Gasteiger partial charge in [0.05, 0.1) is 17.2 Å². The minimum Gasteiger partial charge on any atom is -0.390 e. The minimum atomic E-state index is -0.806. The van der Waals surface area contributed by atoms with Crippen molar-refractivity contribution in [3.8, 4) is 0 Å². The standard InChI is InChI=1S/C17H26N2O3/c18-13(14(20)19-2-1-11-3-12(11)19)15-4-10-5-16(21,7-15)9-17(22,6-10)8-15/h10-13,21-22H,1-9,18H2/t10?,11?,12-,13?,15?,16?,17?/m0/s1. The SMILES string of the molecule is NC(C(=O)N1CCC2C[C@@H]21)C12CC3CC(O)(CC(O)(C3)C1)C2. The Balaban J connectivity index is 1.45. The van der Waals surface area contributed by atoms with Crippen molar-refractivity contribution in [2.24, 2.45) is 23.0 Å². The Kier molecular flexibility index (Phi) is 2.42. The monoisotopic (exact) mass is 306 g/mol. The zero-order valence-electron chi connectivity index (χ0n) is 13.0. The molecular weight excluding hydrogens is 280 g/mol. The van der Waals surface area contributed by atoms with Crippen LogP contribution in [-0.2, 0) is 4.79 Å². The number of nitrogens with zero attached hydrogens (tertiary/aromatic N) is 1. The molecule has 4 unspecified atom stereocenters. The van der Waals surface area contributed by atoms with Gasteiger partial charge in [-0.05, 0) is 56.8 Å². The van der Waals surface area contributed by atoms with Gasteiger partial charge < -0.3 is 20.8 Å². The number of fused-ring (bicyclic) bond motifs is 1. The second-order valence-electron chi connectivity index (χ2n) is 9.18. The molecule has 6 fully saturated rings. The third-order valence-electron chi connectivity index (χ3n) is 7.29. The van der Waals surface area contributed by atoms with Crippen molar-refractivity contribution < 1.29 is 15.0 Å². The van der Waals surface area contributed by atoms with E-state index in [-0.39, 0.29) is 5.91 Å². The van der Waals surface area contributed by atoms with E-state index in [1.165, 1.54) is 0 Å². The Morgan fingerprint density at radius 3 is 2.32 bits per heavy atom. The lowest BCUT2D eigenvalue weighted by Crippen LogP contribution is -2.69. The highest BCUT2D eigenvalue weighted by Gasteiger charge is 2.65. The maximum atomic E-state index is 12.9. The Bertz CT molecular complexity index is 532. The van der Waals surface area contributed by atoms with Crippen LogP contribution in [0.1, 0.15) is 51.4 Å². The number of carbonyl (C=O) groups is 1. The first-order chi connectivity index (χ1) is 10.3. The maximum Gasteiger partial charge on any atom is 0.240 e. The van der Waals surface area contributed by atoms with Crippen LogP contribution in [0.2, 0.25) is 0 Å². The number of hydrogen-bond donors (Lipinski definition) is 3. The minimum absolute atomic E-state index is 0.0687. The zero-order valence-corrected chi connectivity index (χ0v) is 13.0. The second kappa shape index (κ2) is 3.87. The number of likely N-dealkylation sites (tertiary alicyclic amines) is 1. The normalized spacial score (nSPS) is 56.1. The van der Waals surface area contributed by atoms with Gasteiger partial charge in [0.15, 0.2) is 0 Å². The van der Waals surface area contributed by atoms with Gasteiger partial charge in [0.1, 0.15) is 0 Å². The molecule has 0 aromatic heterocycles. The Morgan fingerprint density at radius 2 is 1.82 bits per heavy atom. The van der Waals surface area contributed by atoms with Crippen molar-refractivity contribution in [3.05, 3.63) is 0 Å². The third kappa shape index (κ3) is 1.73. The second-order valence-corrected chi connectivity index (χ2v) is 9.18. The Hall–Kier alpha value is -0.650. The summed E-state index contributed by atoms with van der Waals surface area (Å²) in [6.45, 7) is 0.843. The number of amides is 1. The molecular formula is C17H26N2O3. The van der Waals surface area contributed by atoms with E-state index in [9.17, 15) is 15.0 Å². The van der Waals surface area contributed by atoms with Crippen LogP contribution in [0.5, 0.6) is 0 Å². The highest BCUT2D eigenvalue weighted by molar-refractivity contribution is 5.84. The molecule has 4 bridgehead atoms. The fourth-order valence-corrected chi connectivity index (χ4v) is 6.87. The quantitative estimate of drug-likeness (QED) is 0.688. The van der Waals surface area contributed by atoms with E-state index in [1.807, 2.05) is 4.90 Å². The molecule has 6 rings (SSSR count). The highest BCUT2D eigenvalue weighted by atomic mass is 16.3. The summed E-state index contributed by atoms with van der Waals surface area (Å²) in [5, 5.41) is 21.7. The lowest BCUT2D eigenvalue weighted by Gasteiger charge is -2.64. The van der Waals surface area contributed by atoms with E-state index in [0.717, 1.165) is 38.6 Å². The van der Waals surface area contributed by atoms with Gasteiger partial charge in [0, 0.05) is 24.4 Å². The molecule has 1 aliphatic heterocycles.